The minimum atomic E-state index is -2.55. The van der Waals surface area contributed by atoms with Crippen LogP contribution >= 0.6 is 11.8 Å². The first-order valence-electron chi connectivity index (χ1n) is 8.03. The SMILES string of the molecule is COCCn1nc(C)c(CNC(=O)Nc2ccccc2SC(F)F)c1C. The summed E-state index contributed by atoms with van der Waals surface area (Å²) in [4.78, 5) is 12.5. The summed E-state index contributed by atoms with van der Waals surface area (Å²) in [5, 5.41) is 9.80. The molecule has 1 heterocycles. The van der Waals surface area contributed by atoms with Gasteiger partial charge in [0.25, 0.3) is 5.76 Å². The van der Waals surface area contributed by atoms with Gasteiger partial charge >= 0.3 is 6.03 Å². The first-order valence-corrected chi connectivity index (χ1v) is 8.90. The highest BCUT2D eigenvalue weighted by atomic mass is 32.2. The largest absolute Gasteiger partial charge is 0.383 e. The van der Waals surface area contributed by atoms with Gasteiger partial charge in [0.2, 0.25) is 0 Å². The van der Waals surface area contributed by atoms with Crippen molar-refractivity contribution in [2.24, 2.45) is 0 Å². The maximum absolute atomic E-state index is 12.6. The summed E-state index contributed by atoms with van der Waals surface area (Å²) < 4.78 is 32.1. The third kappa shape index (κ3) is 5.43. The van der Waals surface area contributed by atoms with Gasteiger partial charge < -0.3 is 15.4 Å². The Bertz CT molecular complexity index is 752. The maximum Gasteiger partial charge on any atom is 0.319 e. The van der Waals surface area contributed by atoms with Gasteiger partial charge in [-0.15, -0.1) is 0 Å². The van der Waals surface area contributed by atoms with E-state index in [2.05, 4.69) is 15.7 Å². The zero-order valence-electron chi connectivity index (χ0n) is 14.9. The van der Waals surface area contributed by atoms with Gasteiger partial charge in [0, 0.05) is 29.8 Å². The number of para-hydroxylation sites is 1. The molecule has 142 valence electrons. The standard InChI is InChI=1S/C17H22F2N4O2S/c1-11-13(12(2)23(22-11)8-9-25-3)10-20-17(24)21-14-6-4-5-7-15(14)26-16(18)19/h4-7,16H,8-10H2,1-3H3,(H2,20,21,24). The summed E-state index contributed by atoms with van der Waals surface area (Å²) in [5.41, 5.74) is 3.05. The Kier molecular flexibility index (Phi) is 7.40. The topological polar surface area (TPSA) is 68.2 Å². The molecule has 2 N–H and O–H groups in total. The summed E-state index contributed by atoms with van der Waals surface area (Å²) in [6.07, 6.45) is 0. The van der Waals surface area contributed by atoms with Crippen molar-refractivity contribution < 1.29 is 18.3 Å². The number of thioether (sulfide) groups is 1. The first-order chi connectivity index (χ1) is 12.4. The van der Waals surface area contributed by atoms with E-state index < -0.39 is 11.8 Å². The number of nitrogens with one attached hydrogen (secondary N) is 2. The molecule has 0 spiro atoms. The van der Waals surface area contributed by atoms with Crippen molar-refractivity contribution in [2.75, 3.05) is 19.0 Å². The van der Waals surface area contributed by atoms with Gasteiger partial charge in [-0.3, -0.25) is 4.68 Å². The predicted octanol–water partition coefficient (Wildman–Crippen LogP) is 3.78. The lowest BCUT2D eigenvalue weighted by molar-refractivity contribution is 0.182. The second-order valence-electron chi connectivity index (χ2n) is 5.55. The molecule has 26 heavy (non-hydrogen) atoms. The highest BCUT2D eigenvalue weighted by molar-refractivity contribution is 7.99. The van der Waals surface area contributed by atoms with Crippen molar-refractivity contribution in [1.29, 1.82) is 0 Å². The lowest BCUT2D eigenvalue weighted by Crippen LogP contribution is -2.28. The van der Waals surface area contributed by atoms with E-state index in [9.17, 15) is 13.6 Å². The van der Waals surface area contributed by atoms with Crippen LogP contribution in [0.4, 0.5) is 19.3 Å². The number of ether oxygens (including phenoxy) is 1. The molecule has 0 aliphatic carbocycles. The molecular formula is C17H22F2N4O2S. The smallest absolute Gasteiger partial charge is 0.319 e. The van der Waals surface area contributed by atoms with Crippen LogP contribution in [0.1, 0.15) is 17.0 Å². The average Bonchev–Trinajstić information content (AvgIpc) is 2.86. The summed E-state index contributed by atoms with van der Waals surface area (Å²) >= 11 is 0.396. The Hall–Kier alpha value is -2.13. The van der Waals surface area contributed by atoms with E-state index in [0.29, 0.717) is 42.0 Å². The van der Waals surface area contributed by atoms with Crippen molar-refractivity contribution in [3.63, 3.8) is 0 Å². The lowest BCUT2D eigenvalue weighted by Gasteiger charge is -2.11. The first kappa shape index (κ1) is 20.2. The molecule has 0 bridgehead atoms. The van der Waals surface area contributed by atoms with Gasteiger partial charge in [0.05, 0.1) is 24.5 Å². The fourth-order valence-electron chi connectivity index (χ4n) is 2.49. The molecule has 0 aliphatic heterocycles. The summed E-state index contributed by atoms with van der Waals surface area (Å²) in [6.45, 7) is 5.28. The number of benzene rings is 1. The van der Waals surface area contributed by atoms with E-state index in [1.807, 2.05) is 18.5 Å². The van der Waals surface area contributed by atoms with Gasteiger partial charge in [0.1, 0.15) is 0 Å². The number of hydrogen-bond acceptors (Lipinski definition) is 4. The monoisotopic (exact) mass is 384 g/mol. The average molecular weight is 384 g/mol. The molecule has 0 fully saturated rings. The number of methoxy groups -OCH3 is 1. The maximum atomic E-state index is 12.6. The normalized spacial score (nSPS) is 11.0. The fraction of sp³-hybridized carbons (Fsp3) is 0.412. The quantitative estimate of drug-likeness (QED) is 0.680. The summed E-state index contributed by atoms with van der Waals surface area (Å²) in [6, 6.07) is 5.99. The molecule has 0 saturated carbocycles. The second-order valence-corrected chi connectivity index (χ2v) is 6.58. The number of halogens is 2. The molecule has 0 unspecified atom stereocenters. The number of rotatable bonds is 8. The molecule has 0 radical (unpaired) electrons. The van der Waals surface area contributed by atoms with Crippen LogP contribution in [0.2, 0.25) is 0 Å². The Morgan fingerprint density at radius 2 is 2.08 bits per heavy atom. The van der Waals surface area contributed by atoms with Gasteiger partial charge in [0.15, 0.2) is 0 Å². The Balaban J connectivity index is 1.99. The number of amides is 2. The van der Waals surface area contributed by atoms with E-state index in [-0.39, 0.29) is 0 Å². The second kappa shape index (κ2) is 9.54. The Labute approximate surface area is 155 Å². The zero-order valence-corrected chi connectivity index (χ0v) is 15.7. The minimum absolute atomic E-state index is 0.292. The van der Waals surface area contributed by atoms with E-state index in [1.54, 1.807) is 31.4 Å². The zero-order chi connectivity index (χ0) is 19.1. The number of nitrogens with zero attached hydrogens (tertiary/aromatic N) is 2. The van der Waals surface area contributed by atoms with Crippen LogP contribution < -0.4 is 10.6 Å². The van der Waals surface area contributed by atoms with Crippen LogP contribution in [0, 0.1) is 13.8 Å². The van der Waals surface area contributed by atoms with Crippen LogP contribution in [0.15, 0.2) is 29.2 Å². The van der Waals surface area contributed by atoms with Crippen molar-refractivity contribution in [3.8, 4) is 0 Å². The van der Waals surface area contributed by atoms with Gasteiger partial charge in [-0.05, 0) is 26.0 Å². The Morgan fingerprint density at radius 3 is 2.77 bits per heavy atom. The molecule has 2 aromatic rings. The summed E-state index contributed by atoms with van der Waals surface area (Å²) in [5.74, 6) is -2.55. The van der Waals surface area contributed by atoms with Crippen molar-refractivity contribution >= 4 is 23.5 Å². The highest BCUT2D eigenvalue weighted by Crippen LogP contribution is 2.31. The number of urea groups is 1. The molecule has 6 nitrogen and oxygen atoms in total. The molecule has 2 amide bonds. The molecule has 9 heteroatoms. The predicted molar refractivity (Wildman–Crippen MR) is 97.7 cm³/mol. The van der Waals surface area contributed by atoms with E-state index in [4.69, 9.17) is 4.74 Å². The summed E-state index contributed by atoms with van der Waals surface area (Å²) in [7, 11) is 1.63. The lowest BCUT2D eigenvalue weighted by atomic mass is 10.2. The van der Waals surface area contributed by atoms with Gasteiger partial charge in [-0.25, -0.2) is 4.79 Å². The van der Waals surface area contributed by atoms with Crippen LogP contribution in [-0.4, -0.2) is 35.3 Å². The van der Waals surface area contributed by atoms with E-state index in [1.165, 1.54) is 0 Å². The molecule has 1 aromatic heterocycles. The molecule has 0 atom stereocenters. The highest BCUT2D eigenvalue weighted by Gasteiger charge is 2.14. The molecule has 2 rings (SSSR count). The van der Waals surface area contributed by atoms with Crippen molar-refractivity contribution in [1.82, 2.24) is 15.1 Å². The van der Waals surface area contributed by atoms with Crippen LogP contribution in [0.5, 0.6) is 0 Å². The third-order valence-corrected chi connectivity index (χ3v) is 4.60. The van der Waals surface area contributed by atoms with E-state index >= 15 is 0 Å². The number of aryl methyl sites for hydroxylation is 1. The number of hydrogen-bond donors (Lipinski definition) is 2. The molecule has 0 aliphatic rings. The van der Waals surface area contributed by atoms with Gasteiger partial charge in [-0.2, -0.15) is 13.9 Å². The van der Waals surface area contributed by atoms with E-state index in [0.717, 1.165) is 17.0 Å². The van der Waals surface area contributed by atoms with Crippen molar-refractivity contribution in [3.05, 3.63) is 41.2 Å². The van der Waals surface area contributed by atoms with Crippen molar-refractivity contribution in [2.45, 2.75) is 37.6 Å². The van der Waals surface area contributed by atoms with Gasteiger partial charge in [-0.1, -0.05) is 23.9 Å². The number of carbonyl (C=O) groups excluding carboxylic acids is 1. The van der Waals surface area contributed by atoms with Crippen LogP contribution in [-0.2, 0) is 17.8 Å². The van der Waals surface area contributed by atoms with Crippen LogP contribution in [0.25, 0.3) is 0 Å². The number of anilines is 1. The molecule has 1 aromatic carbocycles. The molecular weight excluding hydrogens is 362 g/mol. The minimum Gasteiger partial charge on any atom is -0.383 e. The van der Waals surface area contributed by atoms with Crippen LogP contribution in [0.3, 0.4) is 0 Å². The molecule has 0 saturated heterocycles. The fourth-order valence-corrected chi connectivity index (χ4v) is 3.08. The Morgan fingerprint density at radius 1 is 1.35 bits per heavy atom. The number of aromatic nitrogens is 2. The third-order valence-electron chi connectivity index (χ3n) is 3.82. The number of alkyl halides is 2. The number of carbonyl (C=O) groups is 1.